The Morgan fingerprint density at radius 1 is 1.00 bits per heavy atom. The molecular formula is C21H35N5O4. The van der Waals surface area contributed by atoms with E-state index in [1.54, 1.807) is 12.1 Å². The second-order valence-corrected chi connectivity index (χ2v) is 7.92. The highest BCUT2D eigenvalue weighted by Gasteiger charge is 2.27. The summed E-state index contributed by atoms with van der Waals surface area (Å²) in [5.41, 5.74) is 17.6. The van der Waals surface area contributed by atoms with Crippen molar-refractivity contribution in [2.45, 2.75) is 64.1 Å². The lowest BCUT2D eigenvalue weighted by Crippen LogP contribution is -2.55. The van der Waals surface area contributed by atoms with Crippen LogP contribution in [-0.4, -0.2) is 47.5 Å². The van der Waals surface area contributed by atoms with E-state index < -0.39 is 35.8 Å². The van der Waals surface area contributed by atoms with Gasteiger partial charge in [0.25, 0.3) is 0 Å². The third-order valence-electron chi connectivity index (χ3n) is 4.68. The molecule has 1 aromatic rings. The van der Waals surface area contributed by atoms with E-state index in [1.165, 1.54) is 12.1 Å². The first kappa shape index (κ1) is 25.4. The van der Waals surface area contributed by atoms with Crippen molar-refractivity contribution in [3.05, 3.63) is 29.8 Å². The zero-order valence-electron chi connectivity index (χ0n) is 17.8. The monoisotopic (exact) mass is 421 g/mol. The number of hydrogen-bond acceptors (Lipinski definition) is 6. The van der Waals surface area contributed by atoms with E-state index in [0.29, 0.717) is 32.2 Å². The van der Waals surface area contributed by atoms with Crippen LogP contribution in [0.4, 0.5) is 0 Å². The predicted octanol–water partition coefficient (Wildman–Crippen LogP) is -0.108. The number of carbonyl (C=O) groups excluding carboxylic acids is 3. The second kappa shape index (κ2) is 12.8. The van der Waals surface area contributed by atoms with Gasteiger partial charge in [-0.05, 0) is 55.8 Å². The number of hydrogen-bond donors (Lipinski definition) is 6. The predicted molar refractivity (Wildman–Crippen MR) is 115 cm³/mol. The molecule has 3 amide bonds. The van der Waals surface area contributed by atoms with Crippen LogP contribution in [0.2, 0.25) is 0 Å². The summed E-state index contributed by atoms with van der Waals surface area (Å²) >= 11 is 0. The number of unbranched alkanes of at least 4 members (excludes halogenated alkanes) is 1. The van der Waals surface area contributed by atoms with Crippen molar-refractivity contribution in [3.63, 3.8) is 0 Å². The summed E-state index contributed by atoms with van der Waals surface area (Å²) in [7, 11) is 0. The van der Waals surface area contributed by atoms with Gasteiger partial charge in [-0.25, -0.2) is 0 Å². The molecule has 0 fully saturated rings. The first-order valence-corrected chi connectivity index (χ1v) is 10.3. The first-order chi connectivity index (χ1) is 14.1. The Morgan fingerprint density at radius 2 is 1.60 bits per heavy atom. The molecule has 0 radical (unpaired) electrons. The topological polar surface area (TPSA) is 174 Å². The highest BCUT2D eigenvalue weighted by Crippen LogP contribution is 2.12. The van der Waals surface area contributed by atoms with Crippen molar-refractivity contribution in [2.24, 2.45) is 23.1 Å². The fourth-order valence-corrected chi connectivity index (χ4v) is 3.02. The summed E-state index contributed by atoms with van der Waals surface area (Å²) in [5, 5.41) is 14.7. The van der Waals surface area contributed by atoms with E-state index >= 15 is 0 Å². The molecule has 1 aromatic carbocycles. The Bertz CT molecular complexity index is 693. The van der Waals surface area contributed by atoms with Crippen LogP contribution in [0.1, 0.15) is 45.1 Å². The van der Waals surface area contributed by atoms with Crippen molar-refractivity contribution in [1.82, 2.24) is 10.6 Å². The van der Waals surface area contributed by atoms with Crippen LogP contribution in [0.5, 0.6) is 5.75 Å². The fraction of sp³-hybridized carbons (Fsp3) is 0.571. The highest BCUT2D eigenvalue weighted by atomic mass is 16.3. The van der Waals surface area contributed by atoms with Crippen molar-refractivity contribution in [1.29, 1.82) is 0 Å². The zero-order valence-corrected chi connectivity index (χ0v) is 17.8. The Morgan fingerprint density at radius 3 is 2.13 bits per heavy atom. The van der Waals surface area contributed by atoms with Gasteiger partial charge in [0.05, 0.1) is 6.04 Å². The quantitative estimate of drug-likeness (QED) is 0.242. The van der Waals surface area contributed by atoms with Crippen LogP contribution in [0, 0.1) is 5.92 Å². The number of phenolic OH excluding ortho intramolecular Hbond substituents is 1. The Kier molecular flexibility index (Phi) is 10.8. The molecule has 0 unspecified atom stereocenters. The summed E-state index contributed by atoms with van der Waals surface area (Å²) in [6, 6.07) is 3.73. The van der Waals surface area contributed by atoms with Crippen LogP contribution >= 0.6 is 0 Å². The lowest BCUT2D eigenvalue weighted by atomic mass is 10.0. The summed E-state index contributed by atoms with van der Waals surface area (Å²) in [6.07, 6.45) is 2.36. The van der Waals surface area contributed by atoms with Crippen molar-refractivity contribution in [2.75, 3.05) is 6.54 Å². The first-order valence-electron chi connectivity index (χ1n) is 10.3. The smallest absolute Gasteiger partial charge is 0.243 e. The third-order valence-corrected chi connectivity index (χ3v) is 4.68. The van der Waals surface area contributed by atoms with Crippen molar-refractivity contribution in [3.8, 4) is 5.75 Å². The van der Waals surface area contributed by atoms with E-state index in [9.17, 15) is 19.5 Å². The summed E-state index contributed by atoms with van der Waals surface area (Å²) in [5.74, 6) is -1.27. The minimum Gasteiger partial charge on any atom is -0.508 e. The lowest BCUT2D eigenvalue weighted by molar-refractivity contribution is -0.132. The third kappa shape index (κ3) is 9.23. The molecule has 0 saturated carbocycles. The average Bonchev–Trinajstić information content (AvgIpc) is 2.67. The molecular weight excluding hydrogens is 386 g/mol. The number of aromatic hydroxyl groups is 1. The maximum absolute atomic E-state index is 12.8. The number of nitrogens with two attached hydrogens (primary N) is 3. The molecule has 30 heavy (non-hydrogen) atoms. The number of benzene rings is 1. The normalized spacial score (nSPS) is 14.0. The molecule has 9 heteroatoms. The molecule has 0 aromatic heterocycles. The van der Waals surface area contributed by atoms with Gasteiger partial charge in [0.15, 0.2) is 0 Å². The number of phenols is 1. The minimum absolute atomic E-state index is 0.0961. The molecule has 0 bridgehead atoms. The molecule has 0 spiro atoms. The van der Waals surface area contributed by atoms with Crippen LogP contribution < -0.4 is 27.8 Å². The van der Waals surface area contributed by atoms with Crippen LogP contribution in [0.3, 0.4) is 0 Å². The summed E-state index contributed by atoms with van der Waals surface area (Å²) < 4.78 is 0. The minimum atomic E-state index is -0.958. The molecule has 0 aliphatic rings. The van der Waals surface area contributed by atoms with E-state index in [0.717, 1.165) is 5.56 Å². The molecule has 0 aliphatic heterocycles. The lowest BCUT2D eigenvalue weighted by Gasteiger charge is -2.24. The number of amides is 3. The number of carbonyl (C=O) groups is 3. The maximum Gasteiger partial charge on any atom is 0.243 e. The Labute approximate surface area is 177 Å². The second-order valence-electron chi connectivity index (χ2n) is 7.92. The molecule has 9 N–H and O–H groups in total. The van der Waals surface area contributed by atoms with E-state index in [4.69, 9.17) is 17.2 Å². The zero-order chi connectivity index (χ0) is 22.7. The van der Waals surface area contributed by atoms with Crippen molar-refractivity contribution >= 4 is 17.7 Å². The molecule has 1 rings (SSSR count). The van der Waals surface area contributed by atoms with Gasteiger partial charge in [-0.1, -0.05) is 26.0 Å². The molecule has 9 nitrogen and oxygen atoms in total. The average molecular weight is 422 g/mol. The van der Waals surface area contributed by atoms with Crippen LogP contribution in [0.15, 0.2) is 24.3 Å². The Balaban J connectivity index is 2.84. The Hall–Kier alpha value is -2.65. The maximum atomic E-state index is 12.8. The van der Waals surface area contributed by atoms with Gasteiger partial charge in [0.1, 0.15) is 17.8 Å². The fourth-order valence-electron chi connectivity index (χ4n) is 3.02. The van der Waals surface area contributed by atoms with Gasteiger partial charge >= 0.3 is 0 Å². The van der Waals surface area contributed by atoms with E-state index in [-0.39, 0.29) is 18.1 Å². The standard InChI is InChI=1S/C21H35N5O4/c1-13(2)11-16(23)20(29)25-17(5-3-4-10-22)21(30)26-18(19(24)28)12-14-6-8-15(27)9-7-14/h6-9,13,16-18,27H,3-5,10-12,22-23H2,1-2H3,(H2,24,28)(H,25,29)(H,26,30)/t16-,17-,18-/m0/s1. The number of rotatable bonds is 13. The highest BCUT2D eigenvalue weighted by molar-refractivity contribution is 5.92. The van der Waals surface area contributed by atoms with Gasteiger partial charge in [0.2, 0.25) is 17.7 Å². The van der Waals surface area contributed by atoms with Gasteiger partial charge in [-0.2, -0.15) is 0 Å². The van der Waals surface area contributed by atoms with Crippen molar-refractivity contribution < 1.29 is 19.5 Å². The molecule has 0 saturated heterocycles. The number of primary amides is 1. The summed E-state index contributed by atoms with van der Waals surface area (Å²) in [4.78, 5) is 37.1. The van der Waals surface area contributed by atoms with E-state index in [2.05, 4.69) is 10.6 Å². The SMILES string of the molecule is CC(C)C[C@H](N)C(=O)N[C@@H](CCCCN)C(=O)N[C@@H](Cc1ccc(O)cc1)C(N)=O. The molecule has 3 atom stereocenters. The largest absolute Gasteiger partial charge is 0.508 e. The molecule has 0 heterocycles. The van der Waals surface area contributed by atoms with Crippen LogP contribution in [-0.2, 0) is 20.8 Å². The van der Waals surface area contributed by atoms with Crippen LogP contribution in [0.25, 0.3) is 0 Å². The van der Waals surface area contributed by atoms with Gasteiger partial charge in [-0.3, -0.25) is 14.4 Å². The molecule has 168 valence electrons. The van der Waals surface area contributed by atoms with E-state index in [1.807, 2.05) is 13.8 Å². The van der Waals surface area contributed by atoms with Gasteiger partial charge < -0.3 is 32.9 Å². The number of nitrogens with one attached hydrogen (secondary N) is 2. The molecule has 0 aliphatic carbocycles. The summed E-state index contributed by atoms with van der Waals surface area (Å²) in [6.45, 7) is 4.39. The van der Waals surface area contributed by atoms with Gasteiger partial charge in [-0.15, -0.1) is 0 Å². The van der Waals surface area contributed by atoms with Gasteiger partial charge in [0, 0.05) is 6.42 Å².